The Hall–Kier alpha value is -2.49. The van der Waals surface area contributed by atoms with E-state index in [9.17, 15) is 4.79 Å². The van der Waals surface area contributed by atoms with Crippen LogP contribution in [0.5, 0.6) is 5.75 Å². The summed E-state index contributed by atoms with van der Waals surface area (Å²) in [6.45, 7) is 2.54. The van der Waals surface area contributed by atoms with E-state index in [0.29, 0.717) is 13.0 Å². The zero-order valence-electron chi connectivity index (χ0n) is 11.9. The third kappa shape index (κ3) is 2.99. The van der Waals surface area contributed by atoms with Crippen LogP contribution in [0.15, 0.2) is 48.5 Å². The van der Waals surface area contributed by atoms with Crippen LogP contribution in [0.4, 0.5) is 11.4 Å². The van der Waals surface area contributed by atoms with E-state index in [1.54, 1.807) is 0 Å². The molecule has 4 heteroatoms. The number of anilines is 2. The first kappa shape index (κ1) is 13.5. The minimum Gasteiger partial charge on any atom is -0.494 e. The Morgan fingerprint density at radius 1 is 1.29 bits per heavy atom. The standard InChI is InChI=1S/C17H18N2O2/c1-2-21-14-8-5-7-13(11-14)18-17(20)16-10-12-6-3-4-9-15(12)19-16/h3-9,11,16,19H,2,10H2,1H3,(H,18,20). The quantitative estimate of drug-likeness (QED) is 0.906. The lowest BCUT2D eigenvalue weighted by Crippen LogP contribution is -2.32. The fraction of sp³-hybridized carbons (Fsp3) is 0.235. The number of para-hydroxylation sites is 1. The van der Waals surface area contributed by atoms with Gasteiger partial charge in [0.2, 0.25) is 5.91 Å². The van der Waals surface area contributed by atoms with Crippen LogP contribution < -0.4 is 15.4 Å². The average Bonchev–Trinajstić information content (AvgIpc) is 2.92. The molecule has 108 valence electrons. The summed E-state index contributed by atoms with van der Waals surface area (Å²) in [5.74, 6) is 0.734. The van der Waals surface area contributed by atoms with Crippen molar-refractivity contribution in [3.8, 4) is 5.75 Å². The van der Waals surface area contributed by atoms with E-state index in [2.05, 4.69) is 10.6 Å². The van der Waals surface area contributed by atoms with E-state index < -0.39 is 0 Å². The number of carbonyl (C=O) groups is 1. The van der Waals surface area contributed by atoms with Crippen molar-refractivity contribution in [1.82, 2.24) is 0 Å². The lowest BCUT2D eigenvalue weighted by atomic mass is 10.1. The normalized spacial score (nSPS) is 16.0. The Morgan fingerprint density at radius 3 is 2.95 bits per heavy atom. The highest BCUT2D eigenvalue weighted by molar-refractivity contribution is 5.98. The minimum absolute atomic E-state index is 0.0279. The van der Waals surface area contributed by atoms with Crippen molar-refractivity contribution in [1.29, 1.82) is 0 Å². The van der Waals surface area contributed by atoms with Crippen LogP contribution >= 0.6 is 0 Å². The van der Waals surface area contributed by atoms with E-state index in [1.807, 2.05) is 55.5 Å². The molecule has 2 aromatic carbocycles. The molecule has 0 saturated heterocycles. The fourth-order valence-electron chi connectivity index (χ4n) is 2.52. The maximum Gasteiger partial charge on any atom is 0.247 e. The van der Waals surface area contributed by atoms with E-state index in [-0.39, 0.29) is 11.9 Å². The van der Waals surface area contributed by atoms with Crippen LogP contribution in [0, 0.1) is 0 Å². The van der Waals surface area contributed by atoms with Crippen molar-refractivity contribution >= 4 is 17.3 Å². The van der Waals surface area contributed by atoms with E-state index in [1.165, 1.54) is 5.56 Å². The topological polar surface area (TPSA) is 50.4 Å². The van der Waals surface area contributed by atoms with Crippen molar-refractivity contribution in [2.75, 3.05) is 17.2 Å². The second kappa shape index (κ2) is 5.87. The summed E-state index contributed by atoms with van der Waals surface area (Å²) in [5, 5.41) is 6.19. The van der Waals surface area contributed by atoms with Gasteiger partial charge in [0.05, 0.1) is 6.61 Å². The van der Waals surface area contributed by atoms with Gasteiger partial charge in [-0.15, -0.1) is 0 Å². The maximum absolute atomic E-state index is 12.3. The first-order valence-electron chi connectivity index (χ1n) is 7.14. The van der Waals surface area contributed by atoms with Crippen molar-refractivity contribution < 1.29 is 9.53 Å². The van der Waals surface area contributed by atoms with Crippen molar-refractivity contribution in [3.05, 3.63) is 54.1 Å². The number of benzene rings is 2. The molecule has 4 nitrogen and oxygen atoms in total. The molecule has 0 saturated carbocycles. The molecular weight excluding hydrogens is 264 g/mol. The number of amides is 1. The molecule has 0 aliphatic carbocycles. The van der Waals surface area contributed by atoms with Gasteiger partial charge in [0, 0.05) is 23.9 Å². The molecule has 2 aromatic rings. The fourth-order valence-corrected chi connectivity index (χ4v) is 2.52. The molecule has 1 heterocycles. The highest BCUT2D eigenvalue weighted by atomic mass is 16.5. The van der Waals surface area contributed by atoms with Crippen LogP contribution in [0.1, 0.15) is 12.5 Å². The highest BCUT2D eigenvalue weighted by Gasteiger charge is 2.26. The molecule has 0 spiro atoms. The molecule has 1 atom stereocenters. The van der Waals surface area contributed by atoms with Gasteiger partial charge in [-0.2, -0.15) is 0 Å². The molecule has 1 aliphatic rings. The van der Waals surface area contributed by atoms with E-state index in [0.717, 1.165) is 17.1 Å². The molecular formula is C17H18N2O2. The number of carbonyl (C=O) groups excluding carboxylic acids is 1. The molecule has 2 N–H and O–H groups in total. The predicted molar refractivity (Wildman–Crippen MR) is 83.8 cm³/mol. The maximum atomic E-state index is 12.3. The lowest BCUT2D eigenvalue weighted by Gasteiger charge is -2.13. The van der Waals surface area contributed by atoms with E-state index in [4.69, 9.17) is 4.74 Å². The predicted octanol–water partition coefficient (Wildman–Crippen LogP) is 3.06. The first-order chi connectivity index (χ1) is 10.3. The first-order valence-corrected chi connectivity index (χ1v) is 7.14. The van der Waals surface area contributed by atoms with Gasteiger partial charge >= 0.3 is 0 Å². The zero-order chi connectivity index (χ0) is 14.7. The van der Waals surface area contributed by atoms with Gasteiger partial charge in [-0.05, 0) is 30.7 Å². The monoisotopic (exact) mass is 282 g/mol. The Bertz CT molecular complexity index is 630. The number of rotatable bonds is 4. The Kier molecular flexibility index (Phi) is 3.77. The molecule has 0 bridgehead atoms. The summed E-state index contributed by atoms with van der Waals surface area (Å²) in [6, 6.07) is 15.2. The van der Waals surface area contributed by atoms with Crippen LogP contribution in [-0.4, -0.2) is 18.6 Å². The minimum atomic E-state index is -0.224. The molecule has 3 rings (SSSR count). The third-order valence-corrected chi connectivity index (χ3v) is 3.50. The Labute approximate surface area is 124 Å². The third-order valence-electron chi connectivity index (χ3n) is 3.50. The Balaban J connectivity index is 1.66. The molecule has 21 heavy (non-hydrogen) atoms. The van der Waals surface area contributed by atoms with Gasteiger partial charge in [0.1, 0.15) is 11.8 Å². The van der Waals surface area contributed by atoms with Crippen LogP contribution in [0.25, 0.3) is 0 Å². The van der Waals surface area contributed by atoms with Gasteiger partial charge in [0.25, 0.3) is 0 Å². The molecule has 0 fully saturated rings. The number of nitrogens with one attached hydrogen (secondary N) is 2. The smallest absolute Gasteiger partial charge is 0.247 e. The molecule has 1 unspecified atom stereocenters. The van der Waals surface area contributed by atoms with Crippen molar-refractivity contribution in [2.24, 2.45) is 0 Å². The van der Waals surface area contributed by atoms with Gasteiger partial charge in [-0.1, -0.05) is 24.3 Å². The zero-order valence-corrected chi connectivity index (χ0v) is 11.9. The van der Waals surface area contributed by atoms with Crippen molar-refractivity contribution in [3.63, 3.8) is 0 Å². The SMILES string of the molecule is CCOc1cccc(NC(=O)C2Cc3ccccc3N2)c1. The summed E-state index contributed by atoms with van der Waals surface area (Å²) in [6.07, 6.45) is 0.715. The van der Waals surface area contributed by atoms with Crippen LogP contribution in [0.2, 0.25) is 0 Å². The summed E-state index contributed by atoms with van der Waals surface area (Å²) in [5.41, 5.74) is 2.98. The van der Waals surface area contributed by atoms with Crippen LogP contribution in [-0.2, 0) is 11.2 Å². The summed E-state index contributed by atoms with van der Waals surface area (Å²) >= 11 is 0. The summed E-state index contributed by atoms with van der Waals surface area (Å²) < 4.78 is 5.44. The molecule has 0 aromatic heterocycles. The number of ether oxygens (including phenoxy) is 1. The second-order valence-corrected chi connectivity index (χ2v) is 5.01. The number of hydrogen-bond acceptors (Lipinski definition) is 3. The molecule has 1 aliphatic heterocycles. The van der Waals surface area contributed by atoms with Gasteiger partial charge in [-0.3, -0.25) is 4.79 Å². The molecule has 0 radical (unpaired) electrons. The molecule has 1 amide bonds. The lowest BCUT2D eigenvalue weighted by molar-refractivity contribution is -0.116. The number of fused-ring (bicyclic) bond motifs is 1. The summed E-state index contributed by atoms with van der Waals surface area (Å²) in [7, 11) is 0. The van der Waals surface area contributed by atoms with Crippen LogP contribution in [0.3, 0.4) is 0 Å². The highest BCUT2D eigenvalue weighted by Crippen LogP contribution is 2.26. The van der Waals surface area contributed by atoms with Gasteiger partial charge in [0.15, 0.2) is 0 Å². The largest absolute Gasteiger partial charge is 0.494 e. The second-order valence-electron chi connectivity index (χ2n) is 5.01. The Morgan fingerprint density at radius 2 is 2.14 bits per heavy atom. The van der Waals surface area contributed by atoms with Gasteiger partial charge in [-0.25, -0.2) is 0 Å². The van der Waals surface area contributed by atoms with E-state index >= 15 is 0 Å². The van der Waals surface area contributed by atoms with Crippen molar-refractivity contribution in [2.45, 2.75) is 19.4 Å². The number of hydrogen-bond donors (Lipinski definition) is 2. The summed E-state index contributed by atoms with van der Waals surface area (Å²) in [4.78, 5) is 12.3. The van der Waals surface area contributed by atoms with Gasteiger partial charge < -0.3 is 15.4 Å². The average molecular weight is 282 g/mol.